The quantitative estimate of drug-likeness (QED) is 0.203. The molecule has 3 aromatic carbocycles. The molecule has 0 radical (unpaired) electrons. The highest BCUT2D eigenvalue weighted by atomic mass is 16.5. The third-order valence-corrected chi connectivity index (χ3v) is 6.35. The molecule has 0 N–H and O–H groups in total. The molecule has 0 aliphatic rings. The number of hydrogen-bond donors (Lipinski definition) is 0. The van der Waals surface area contributed by atoms with E-state index in [0.29, 0.717) is 22.8 Å². The van der Waals surface area contributed by atoms with Gasteiger partial charge in [-0.2, -0.15) is 0 Å². The minimum absolute atomic E-state index is 0.0611. The van der Waals surface area contributed by atoms with E-state index in [-0.39, 0.29) is 17.7 Å². The van der Waals surface area contributed by atoms with Gasteiger partial charge in [-0.1, -0.05) is 80.6 Å². The van der Waals surface area contributed by atoms with Crippen LogP contribution in [0.3, 0.4) is 0 Å². The molecule has 3 atom stereocenters. The maximum Gasteiger partial charge on any atom is 0.318 e. The molecule has 0 heterocycles. The van der Waals surface area contributed by atoms with Gasteiger partial charge in [-0.15, -0.1) is 0 Å². The van der Waals surface area contributed by atoms with Crippen LogP contribution in [0.5, 0.6) is 5.75 Å². The second-order valence-electron chi connectivity index (χ2n) is 9.26. The van der Waals surface area contributed by atoms with Gasteiger partial charge in [0.15, 0.2) is 5.78 Å². The van der Waals surface area contributed by atoms with Crippen LogP contribution in [-0.4, -0.2) is 37.3 Å². The highest BCUT2D eigenvalue weighted by Gasteiger charge is 2.25. The summed E-state index contributed by atoms with van der Waals surface area (Å²) in [6.45, 7) is 7.19. The van der Waals surface area contributed by atoms with Crippen molar-refractivity contribution in [3.8, 4) is 5.75 Å². The maximum atomic E-state index is 13.2. The van der Waals surface area contributed by atoms with Crippen LogP contribution in [0.25, 0.3) is 0 Å². The summed E-state index contributed by atoms with van der Waals surface area (Å²) in [4.78, 5) is 28.2. The smallest absolute Gasteiger partial charge is 0.318 e. The zero-order valence-electron chi connectivity index (χ0n) is 20.8. The third kappa shape index (κ3) is 6.21. The van der Waals surface area contributed by atoms with Gasteiger partial charge in [-0.05, 0) is 62.5 Å². The molecule has 34 heavy (non-hydrogen) atoms. The Balaban J connectivity index is 1.80. The largest absolute Gasteiger partial charge is 0.426 e. The van der Waals surface area contributed by atoms with E-state index in [2.05, 4.69) is 38.9 Å². The van der Waals surface area contributed by atoms with Crippen molar-refractivity contribution in [2.75, 3.05) is 20.6 Å². The Bertz CT molecular complexity index is 1110. The fourth-order valence-corrected chi connectivity index (χ4v) is 4.55. The van der Waals surface area contributed by atoms with Gasteiger partial charge in [0, 0.05) is 17.7 Å². The maximum absolute atomic E-state index is 13.2. The van der Waals surface area contributed by atoms with E-state index in [1.807, 2.05) is 55.5 Å². The lowest BCUT2D eigenvalue weighted by Gasteiger charge is -2.27. The first-order chi connectivity index (χ1) is 16.3. The van der Waals surface area contributed by atoms with Gasteiger partial charge in [-0.3, -0.25) is 9.59 Å². The summed E-state index contributed by atoms with van der Waals surface area (Å²) < 4.78 is 5.95. The number of esters is 1. The van der Waals surface area contributed by atoms with Crippen molar-refractivity contribution in [3.63, 3.8) is 0 Å². The molecule has 4 nitrogen and oxygen atoms in total. The normalized spacial score (nSPS) is 13.8. The lowest BCUT2D eigenvalue weighted by molar-refractivity contribution is -0.135. The molecule has 3 rings (SSSR count). The van der Waals surface area contributed by atoms with Crippen LogP contribution in [-0.2, 0) is 4.79 Å². The third-order valence-electron chi connectivity index (χ3n) is 6.35. The van der Waals surface area contributed by atoms with E-state index in [4.69, 9.17) is 4.74 Å². The van der Waals surface area contributed by atoms with Crippen molar-refractivity contribution in [2.45, 2.75) is 39.0 Å². The van der Waals surface area contributed by atoms with Crippen molar-refractivity contribution < 1.29 is 14.3 Å². The fourth-order valence-electron chi connectivity index (χ4n) is 4.55. The summed E-state index contributed by atoms with van der Waals surface area (Å²) in [6.07, 6.45) is 0.961. The predicted octanol–water partition coefficient (Wildman–Crippen LogP) is 6.32. The number of hydrogen-bond acceptors (Lipinski definition) is 4. The molecule has 0 amide bonds. The van der Waals surface area contributed by atoms with Gasteiger partial charge < -0.3 is 9.64 Å². The van der Waals surface area contributed by atoms with Gasteiger partial charge in [0.2, 0.25) is 0 Å². The molecular formula is C30H35NO3. The van der Waals surface area contributed by atoms with Gasteiger partial charge in [-0.25, -0.2) is 0 Å². The summed E-state index contributed by atoms with van der Waals surface area (Å²) >= 11 is 0. The van der Waals surface area contributed by atoms with Crippen LogP contribution in [0.4, 0.5) is 0 Å². The van der Waals surface area contributed by atoms with Crippen LogP contribution >= 0.6 is 0 Å². The molecule has 0 bridgehead atoms. The SMILES string of the molecule is CC[C@@H](c1ccccc1OC(=O)[C@@H](C)c1cccc(C(=O)c2ccccc2)c1)[C@@H](C)CN(C)C. The molecule has 3 aromatic rings. The number of ketones is 1. The molecule has 4 heteroatoms. The Labute approximate surface area is 203 Å². The second-order valence-corrected chi connectivity index (χ2v) is 9.26. The minimum atomic E-state index is -0.504. The van der Waals surface area contributed by atoms with Crippen molar-refractivity contribution >= 4 is 11.8 Å². The Hall–Kier alpha value is -3.24. The molecule has 0 spiro atoms. The van der Waals surface area contributed by atoms with E-state index in [1.54, 1.807) is 24.3 Å². The Kier molecular flexibility index (Phi) is 8.78. The number of rotatable bonds is 10. The fraction of sp³-hybridized carbons (Fsp3) is 0.333. The van der Waals surface area contributed by atoms with Crippen molar-refractivity contribution in [1.82, 2.24) is 4.90 Å². The molecule has 0 saturated heterocycles. The van der Waals surface area contributed by atoms with Crippen LogP contribution in [0.2, 0.25) is 0 Å². The van der Waals surface area contributed by atoms with E-state index in [9.17, 15) is 9.59 Å². The number of benzene rings is 3. The number of carbonyl (C=O) groups excluding carboxylic acids is 2. The van der Waals surface area contributed by atoms with E-state index in [1.165, 1.54) is 0 Å². The molecule has 178 valence electrons. The van der Waals surface area contributed by atoms with Gasteiger partial charge in [0.05, 0.1) is 5.92 Å². The summed E-state index contributed by atoms with van der Waals surface area (Å²) in [5, 5.41) is 0. The minimum Gasteiger partial charge on any atom is -0.426 e. The average molecular weight is 458 g/mol. The average Bonchev–Trinajstić information content (AvgIpc) is 2.84. The lowest BCUT2D eigenvalue weighted by Crippen LogP contribution is -2.25. The van der Waals surface area contributed by atoms with Crippen LogP contribution in [0, 0.1) is 5.92 Å². The highest BCUT2D eigenvalue weighted by Crippen LogP contribution is 2.35. The first-order valence-electron chi connectivity index (χ1n) is 12.0. The molecule has 0 fully saturated rings. The van der Waals surface area contributed by atoms with Crippen molar-refractivity contribution in [2.24, 2.45) is 5.92 Å². The molecular weight excluding hydrogens is 422 g/mol. The number of ether oxygens (including phenoxy) is 1. The van der Waals surface area contributed by atoms with Gasteiger partial charge >= 0.3 is 5.97 Å². The van der Waals surface area contributed by atoms with Crippen molar-refractivity contribution in [1.29, 1.82) is 0 Å². The van der Waals surface area contributed by atoms with Crippen LogP contribution < -0.4 is 4.74 Å². The molecule has 0 unspecified atom stereocenters. The standard InChI is InChI=1S/C30H35NO3/c1-6-26(21(2)20-31(4)5)27-17-10-11-18-28(27)34-30(33)22(3)24-15-12-16-25(19-24)29(32)23-13-8-7-9-14-23/h7-19,21-22,26H,6,20H2,1-5H3/t21-,22-,26+/m0/s1. The number of nitrogens with zero attached hydrogens (tertiary/aromatic N) is 1. The zero-order chi connectivity index (χ0) is 24.7. The summed E-state index contributed by atoms with van der Waals surface area (Å²) in [5.41, 5.74) is 3.01. The van der Waals surface area contributed by atoms with E-state index >= 15 is 0 Å². The van der Waals surface area contributed by atoms with E-state index < -0.39 is 5.92 Å². The predicted molar refractivity (Wildman–Crippen MR) is 138 cm³/mol. The number of carbonyl (C=O) groups is 2. The second kappa shape index (κ2) is 11.8. The molecule has 0 saturated carbocycles. The highest BCUT2D eigenvalue weighted by molar-refractivity contribution is 6.09. The molecule has 0 aliphatic carbocycles. The topological polar surface area (TPSA) is 46.6 Å². The van der Waals surface area contributed by atoms with Gasteiger partial charge in [0.25, 0.3) is 0 Å². The monoisotopic (exact) mass is 457 g/mol. The van der Waals surface area contributed by atoms with E-state index in [0.717, 1.165) is 24.1 Å². The summed E-state index contributed by atoms with van der Waals surface area (Å²) in [6, 6.07) is 24.3. The summed E-state index contributed by atoms with van der Waals surface area (Å²) in [7, 11) is 4.15. The van der Waals surface area contributed by atoms with Crippen LogP contribution in [0.1, 0.15) is 66.1 Å². The first kappa shape index (κ1) is 25.4. The Morgan fingerprint density at radius 2 is 1.50 bits per heavy atom. The molecule has 0 aliphatic heterocycles. The van der Waals surface area contributed by atoms with Crippen molar-refractivity contribution in [3.05, 3.63) is 101 Å². The first-order valence-corrected chi connectivity index (χ1v) is 12.0. The lowest BCUT2D eigenvalue weighted by atomic mass is 9.84. The summed E-state index contributed by atoms with van der Waals surface area (Å²) in [5.74, 6) is 0.427. The zero-order valence-corrected chi connectivity index (χ0v) is 20.8. The number of para-hydroxylation sites is 1. The van der Waals surface area contributed by atoms with Crippen LogP contribution in [0.15, 0.2) is 78.9 Å². The Morgan fingerprint density at radius 1 is 0.853 bits per heavy atom. The molecule has 0 aromatic heterocycles. The van der Waals surface area contributed by atoms with Gasteiger partial charge in [0.1, 0.15) is 5.75 Å². The Morgan fingerprint density at radius 3 is 2.18 bits per heavy atom.